The molecule has 4 rings (SSSR count). The molecule has 1 aromatic carbocycles. The van der Waals surface area contributed by atoms with Crippen LogP contribution in [0.5, 0.6) is 0 Å². The molecule has 1 fully saturated rings. The number of amides is 1. The summed E-state index contributed by atoms with van der Waals surface area (Å²) < 4.78 is 5.56. The minimum absolute atomic E-state index is 0. The zero-order valence-corrected chi connectivity index (χ0v) is 17.3. The van der Waals surface area contributed by atoms with Crippen LogP contribution in [0.4, 0.5) is 5.69 Å². The van der Waals surface area contributed by atoms with Gasteiger partial charge in [-0.25, -0.2) is 0 Å². The Balaban J connectivity index is 0.00000225. The van der Waals surface area contributed by atoms with Crippen LogP contribution in [0.3, 0.4) is 0 Å². The fourth-order valence-corrected chi connectivity index (χ4v) is 3.89. The number of carbonyl (C=O) groups is 1. The van der Waals surface area contributed by atoms with Crippen LogP contribution >= 0.6 is 23.7 Å². The summed E-state index contributed by atoms with van der Waals surface area (Å²) in [6.45, 7) is 2.67. The van der Waals surface area contributed by atoms with Crippen LogP contribution in [0.2, 0.25) is 0 Å². The quantitative estimate of drug-likeness (QED) is 0.700. The molecule has 1 amide bonds. The Morgan fingerprint density at radius 1 is 1.32 bits per heavy atom. The molecule has 1 N–H and O–H groups in total. The molecule has 1 aliphatic heterocycles. The van der Waals surface area contributed by atoms with Crippen LogP contribution in [-0.2, 0) is 0 Å². The lowest BCUT2D eigenvalue weighted by Crippen LogP contribution is -2.44. The zero-order valence-electron chi connectivity index (χ0n) is 15.7. The third kappa shape index (κ3) is 3.95. The number of benzene rings is 1. The Morgan fingerprint density at radius 3 is 2.89 bits per heavy atom. The van der Waals surface area contributed by atoms with Crippen LogP contribution in [0.1, 0.15) is 21.5 Å². The maximum Gasteiger partial charge on any atom is 0.268 e. The number of aromatic nitrogens is 2. The van der Waals surface area contributed by atoms with Crippen molar-refractivity contribution in [1.82, 2.24) is 20.4 Å². The molecule has 0 saturated carbocycles. The molecule has 1 unspecified atom stereocenters. The number of para-hydroxylation sites is 1. The van der Waals surface area contributed by atoms with Crippen molar-refractivity contribution in [1.29, 1.82) is 0 Å². The molecule has 9 heteroatoms. The van der Waals surface area contributed by atoms with E-state index in [0.29, 0.717) is 16.6 Å². The van der Waals surface area contributed by atoms with Gasteiger partial charge in [0.05, 0.1) is 22.2 Å². The lowest BCUT2D eigenvalue weighted by Gasteiger charge is -2.30. The van der Waals surface area contributed by atoms with E-state index in [1.165, 1.54) is 11.3 Å². The normalized spacial score (nSPS) is 17.1. The molecule has 0 radical (unpaired) electrons. The second-order valence-electron chi connectivity index (χ2n) is 6.52. The van der Waals surface area contributed by atoms with E-state index in [9.17, 15) is 4.79 Å². The van der Waals surface area contributed by atoms with E-state index in [2.05, 4.69) is 27.4 Å². The van der Waals surface area contributed by atoms with Gasteiger partial charge in [-0.1, -0.05) is 23.4 Å². The maximum absolute atomic E-state index is 12.7. The molecular formula is C19H22ClN5O2S. The topological polar surface area (TPSA) is 74.5 Å². The number of nitrogens with zero attached hydrogens (tertiary/aromatic N) is 4. The Kier molecular flexibility index (Phi) is 6.46. The lowest BCUT2D eigenvalue weighted by atomic mass is 10.1. The number of likely N-dealkylation sites (N-methyl/N-ethyl adjacent to an activating group) is 1. The highest BCUT2D eigenvalue weighted by Crippen LogP contribution is 2.31. The third-order valence-electron chi connectivity index (χ3n) is 4.78. The third-order valence-corrected chi connectivity index (χ3v) is 5.64. The van der Waals surface area contributed by atoms with E-state index in [0.717, 1.165) is 30.9 Å². The molecule has 2 aromatic heterocycles. The van der Waals surface area contributed by atoms with Crippen molar-refractivity contribution in [3.05, 3.63) is 52.5 Å². The van der Waals surface area contributed by atoms with Crippen molar-refractivity contribution in [3.8, 4) is 11.5 Å². The number of rotatable bonds is 4. The van der Waals surface area contributed by atoms with Crippen molar-refractivity contribution in [2.75, 3.05) is 38.6 Å². The van der Waals surface area contributed by atoms with E-state index < -0.39 is 0 Å². The highest BCUT2D eigenvalue weighted by atomic mass is 35.5. The van der Waals surface area contributed by atoms with Gasteiger partial charge >= 0.3 is 0 Å². The second kappa shape index (κ2) is 8.83. The highest BCUT2D eigenvalue weighted by molar-refractivity contribution is 7.12. The fraction of sp³-hybridized carbons (Fsp3) is 0.316. The van der Waals surface area contributed by atoms with Crippen molar-refractivity contribution in [2.24, 2.45) is 0 Å². The number of thiophene rings is 1. The molecule has 0 aliphatic carbocycles. The van der Waals surface area contributed by atoms with Crippen molar-refractivity contribution in [2.45, 2.75) is 6.04 Å². The number of hydrogen-bond acceptors (Lipinski definition) is 7. The Labute approximate surface area is 173 Å². The van der Waals surface area contributed by atoms with Crippen LogP contribution in [0, 0.1) is 0 Å². The van der Waals surface area contributed by atoms with Gasteiger partial charge in [0.15, 0.2) is 5.82 Å². The standard InChI is InChI=1S/C19H21N5O2S.ClH/c1-23-10-9-20-12-15(23)17-21-18(26-22-17)13-6-3-4-7-14(13)24(2)19(25)16-8-5-11-27-16;/h3-8,11,15,20H,9-10,12H2,1-2H3;1H. The molecule has 1 atom stereocenters. The molecule has 1 saturated heterocycles. The number of halogens is 1. The van der Waals surface area contributed by atoms with E-state index in [-0.39, 0.29) is 24.4 Å². The molecular weight excluding hydrogens is 398 g/mol. The van der Waals surface area contributed by atoms with Crippen LogP contribution in [0.25, 0.3) is 11.5 Å². The van der Waals surface area contributed by atoms with E-state index >= 15 is 0 Å². The van der Waals surface area contributed by atoms with Gasteiger partial charge in [-0.05, 0) is 30.6 Å². The Hall–Kier alpha value is -2.26. The summed E-state index contributed by atoms with van der Waals surface area (Å²) in [4.78, 5) is 21.9. The molecule has 3 heterocycles. The number of nitrogens with one attached hydrogen (secondary N) is 1. The van der Waals surface area contributed by atoms with Crippen LogP contribution in [0.15, 0.2) is 46.3 Å². The largest absolute Gasteiger partial charge is 0.334 e. The van der Waals surface area contributed by atoms with Crippen molar-refractivity contribution in [3.63, 3.8) is 0 Å². The zero-order chi connectivity index (χ0) is 18.8. The van der Waals surface area contributed by atoms with Gasteiger partial charge in [0.1, 0.15) is 0 Å². The van der Waals surface area contributed by atoms with Crippen LogP contribution in [-0.4, -0.2) is 54.7 Å². The van der Waals surface area contributed by atoms with Crippen LogP contribution < -0.4 is 10.2 Å². The minimum Gasteiger partial charge on any atom is -0.334 e. The lowest BCUT2D eigenvalue weighted by molar-refractivity contribution is 0.0997. The molecule has 148 valence electrons. The average Bonchev–Trinajstić information content (AvgIpc) is 3.39. The molecule has 0 spiro atoms. The van der Waals surface area contributed by atoms with Crippen molar-refractivity contribution < 1.29 is 9.32 Å². The molecule has 0 bridgehead atoms. The number of anilines is 1. The summed E-state index contributed by atoms with van der Waals surface area (Å²) in [5, 5.41) is 9.45. The second-order valence-corrected chi connectivity index (χ2v) is 7.46. The Bertz CT molecular complexity index is 930. The summed E-state index contributed by atoms with van der Waals surface area (Å²) in [6, 6.07) is 11.4. The number of piperazine rings is 1. The first-order valence-corrected chi connectivity index (χ1v) is 9.68. The van der Waals surface area contributed by atoms with Gasteiger partial charge in [0, 0.05) is 26.7 Å². The summed E-state index contributed by atoms with van der Waals surface area (Å²) >= 11 is 1.42. The van der Waals surface area contributed by atoms with Gasteiger partial charge < -0.3 is 14.7 Å². The average molecular weight is 420 g/mol. The Morgan fingerprint density at radius 2 is 2.14 bits per heavy atom. The minimum atomic E-state index is -0.0617. The van der Waals surface area contributed by atoms with Gasteiger partial charge in [-0.2, -0.15) is 4.98 Å². The van der Waals surface area contributed by atoms with E-state index in [1.54, 1.807) is 11.9 Å². The first-order chi connectivity index (χ1) is 13.1. The predicted octanol–water partition coefficient (Wildman–Crippen LogP) is 3.07. The predicted molar refractivity (Wildman–Crippen MR) is 112 cm³/mol. The maximum atomic E-state index is 12.7. The fourth-order valence-electron chi connectivity index (χ4n) is 3.20. The molecule has 28 heavy (non-hydrogen) atoms. The van der Waals surface area contributed by atoms with Gasteiger partial charge in [-0.15, -0.1) is 23.7 Å². The molecule has 1 aliphatic rings. The monoisotopic (exact) mass is 419 g/mol. The van der Waals surface area contributed by atoms with E-state index in [4.69, 9.17) is 4.52 Å². The summed E-state index contributed by atoms with van der Waals surface area (Å²) in [7, 11) is 3.82. The number of carbonyl (C=O) groups excluding carboxylic acids is 1. The van der Waals surface area contributed by atoms with Gasteiger partial charge in [-0.3, -0.25) is 9.69 Å². The van der Waals surface area contributed by atoms with Crippen molar-refractivity contribution >= 4 is 35.3 Å². The first kappa shape index (κ1) is 20.5. The molecule has 7 nitrogen and oxygen atoms in total. The van der Waals surface area contributed by atoms with Gasteiger partial charge in [0.2, 0.25) is 0 Å². The SMILES string of the molecule is CN(C(=O)c1cccs1)c1ccccc1-c1nc(C2CNCCN2C)no1.Cl. The molecule has 3 aromatic rings. The number of hydrogen-bond donors (Lipinski definition) is 1. The van der Waals surface area contributed by atoms with E-state index in [1.807, 2.05) is 41.8 Å². The summed E-state index contributed by atoms with van der Waals surface area (Å²) in [6.07, 6.45) is 0. The first-order valence-electron chi connectivity index (χ1n) is 8.80. The smallest absolute Gasteiger partial charge is 0.268 e. The van der Waals surface area contributed by atoms with Gasteiger partial charge in [0.25, 0.3) is 11.8 Å². The summed E-state index contributed by atoms with van der Waals surface area (Å²) in [5.74, 6) is 1.01. The summed E-state index contributed by atoms with van der Waals surface area (Å²) in [5.41, 5.74) is 1.48. The highest BCUT2D eigenvalue weighted by Gasteiger charge is 2.27.